The topological polar surface area (TPSA) is 9.23 Å². The second kappa shape index (κ2) is 7.84. The van der Waals surface area contributed by atoms with E-state index in [-0.39, 0.29) is 0 Å². The van der Waals surface area contributed by atoms with Crippen molar-refractivity contribution in [2.24, 2.45) is 5.92 Å². The predicted octanol–water partition coefficient (Wildman–Crippen LogP) is 3.55. The van der Waals surface area contributed by atoms with Gasteiger partial charge in [-0.15, -0.1) is 11.6 Å². The average molecular weight is 237 g/mol. The summed E-state index contributed by atoms with van der Waals surface area (Å²) in [5, 5.41) is 0. The van der Waals surface area contributed by atoms with Crippen LogP contribution in [0.4, 0.5) is 0 Å². The highest BCUT2D eigenvalue weighted by Crippen LogP contribution is 2.19. The van der Waals surface area contributed by atoms with Crippen LogP contribution in [0.15, 0.2) is 0 Å². The minimum absolute atomic E-state index is 0.545. The molecule has 0 aromatic carbocycles. The highest BCUT2D eigenvalue weighted by molar-refractivity contribution is 7.99. The molecule has 0 aromatic heterocycles. The van der Waals surface area contributed by atoms with E-state index in [0.29, 0.717) is 6.10 Å². The van der Waals surface area contributed by atoms with Crippen LogP contribution in [-0.2, 0) is 4.74 Å². The van der Waals surface area contributed by atoms with Crippen molar-refractivity contribution in [3.63, 3.8) is 0 Å². The van der Waals surface area contributed by atoms with Crippen LogP contribution < -0.4 is 0 Å². The van der Waals surface area contributed by atoms with Crippen molar-refractivity contribution in [1.82, 2.24) is 0 Å². The molecule has 0 bridgehead atoms. The number of rotatable bonds is 7. The van der Waals surface area contributed by atoms with Gasteiger partial charge in [-0.05, 0) is 37.4 Å². The summed E-state index contributed by atoms with van der Waals surface area (Å²) in [6, 6.07) is 0. The lowest BCUT2D eigenvalue weighted by atomic mass is 10.1. The molecule has 2 atom stereocenters. The van der Waals surface area contributed by atoms with Crippen molar-refractivity contribution in [2.45, 2.75) is 38.7 Å². The summed E-state index contributed by atoms with van der Waals surface area (Å²) >= 11 is 7.72. The summed E-state index contributed by atoms with van der Waals surface area (Å²) in [6.45, 7) is 3.27. The average Bonchev–Trinajstić information content (AvgIpc) is 2.65. The van der Waals surface area contributed by atoms with Crippen molar-refractivity contribution >= 4 is 23.4 Å². The molecule has 0 aromatic rings. The Morgan fingerprint density at radius 1 is 1.50 bits per heavy atom. The molecule has 1 heterocycles. The minimum Gasteiger partial charge on any atom is -0.377 e. The quantitative estimate of drug-likeness (QED) is 0.494. The Morgan fingerprint density at radius 3 is 3.00 bits per heavy atom. The van der Waals surface area contributed by atoms with Gasteiger partial charge in [0.15, 0.2) is 0 Å². The number of thioether (sulfide) groups is 1. The van der Waals surface area contributed by atoms with E-state index in [2.05, 4.69) is 6.92 Å². The van der Waals surface area contributed by atoms with Gasteiger partial charge in [0.05, 0.1) is 6.10 Å². The standard InChI is InChI=1S/C11H21ClOS/c1-10(4-6-12)5-8-14-9-11-3-2-7-13-11/h10-11H,2-9H2,1H3. The van der Waals surface area contributed by atoms with Gasteiger partial charge in [-0.1, -0.05) is 6.92 Å². The van der Waals surface area contributed by atoms with Gasteiger partial charge in [0.1, 0.15) is 0 Å². The second-order valence-corrected chi connectivity index (χ2v) is 5.61. The first-order chi connectivity index (χ1) is 6.83. The Balaban J connectivity index is 1.88. The lowest BCUT2D eigenvalue weighted by Crippen LogP contribution is -2.09. The van der Waals surface area contributed by atoms with Gasteiger partial charge in [0, 0.05) is 18.2 Å². The molecule has 1 nitrogen and oxygen atoms in total. The summed E-state index contributed by atoms with van der Waals surface area (Å²) in [5.41, 5.74) is 0. The van der Waals surface area contributed by atoms with Crippen LogP contribution in [0.2, 0.25) is 0 Å². The molecule has 1 rings (SSSR count). The third-order valence-corrected chi connectivity index (χ3v) is 4.03. The van der Waals surface area contributed by atoms with Gasteiger partial charge >= 0.3 is 0 Å². The van der Waals surface area contributed by atoms with Gasteiger partial charge in [-0.2, -0.15) is 11.8 Å². The maximum Gasteiger partial charge on any atom is 0.0666 e. The van der Waals surface area contributed by atoms with Crippen molar-refractivity contribution < 1.29 is 4.74 Å². The molecule has 0 spiro atoms. The number of hydrogen-bond acceptors (Lipinski definition) is 2. The fraction of sp³-hybridized carbons (Fsp3) is 1.00. The van der Waals surface area contributed by atoms with Gasteiger partial charge in [-0.3, -0.25) is 0 Å². The maximum atomic E-state index is 5.69. The first-order valence-electron chi connectivity index (χ1n) is 5.58. The first-order valence-corrected chi connectivity index (χ1v) is 7.27. The van der Waals surface area contributed by atoms with Crippen LogP contribution in [0.5, 0.6) is 0 Å². The van der Waals surface area contributed by atoms with E-state index >= 15 is 0 Å². The molecule has 1 fully saturated rings. The van der Waals surface area contributed by atoms with E-state index in [1.165, 1.54) is 30.8 Å². The zero-order valence-electron chi connectivity index (χ0n) is 9.01. The lowest BCUT2D eigenvalue weighted by molar-refractivity contribution is 0.129. The first kappa shape index (κ1) is 12.7. The Morgan fingerprint density at radius 2 is 2.36 bits per heavy atom. The largest absolute Gasteiger partial charge is 0.377 e. The molecular formula is C11H21ClOS. The van der Waals surface area contributed by atoms with E-state index in [1.807, 2.05) is 11.8 Å². The Hall–Kier alpha value is 0.600. The molecule has 2 unspecified atom stereocenters. The van der Waals surface area contributed by atoms with Crippen LogP contribution in [0.25, 0.3) is 0 Å². The summed E-state index contributed by atoms with van der Waals surface area (Å²) in [4.78, 5) is 0. The highest BCUT2D eigenvalue weighted by Gasteiger charge is 2.14. The minimum atomic E-state index is 0.545. The fourth-order valence-corrected chi connectivity index (χ4v) is 3.24. The van der Waals surface area contributed by atoms with Gasteiger partial charge in [-0.25, -0.2) is 0 Å². The molecule has 0 radical (unpaired) electrons. The van der Waals surface area contributed by atoms with E-state index in [1.54, 1.807) is 0 Å². The molecule has 84 valence electrons. The molecule has 0 N–H and O–H groups in total. The van der Waals surface area contributed by atoms with Crippen LogP contribution in [0.3, 0.4) is 0 Å². The zero-order valence-corrected chi connectivity index (χ0v) is 10.6. The third kappa shape index (κ3) is 5.47. The molecule has 1 aliphatic rings. The Labute approximate surface area is 96.9 Å². The molecule has 3 heteroatoms. The van der Waals surface area contributed by atoms with Crippen molar-refractivity contribution in [3.05, 3.63) is 0 Å². The Kier molecular flexibility index (Phi) is 7.09. The van der Waals surface area contributed by atoms with Crippen molar-refractivity contribution in [1.29, 1.82) is 0 Å². The van der Waals surface area contributed by atoms with E-state index in [9.17, 15) is 0 Å². The smallest absolute Gasteiger partial charge is 0.0666 e. The normalized spacial score (nSPS) is 24.0. The molecule has 14 heavy (non-hydrogen) atoms. The molecule has 0 saturated carbocycles. The number of alkyl halides is 1. The monoisotopic (exact) mass is 236 g/mol. The second-order valence-electron chi connectivity index (χ2n) is 4.08. The summed E-state index contributed by atoms with van der Waals surface area (Å²) in [5.74, 6) is 4.03. The fourth-order valence-electron chi connectivity index (χ4n) is 1.61. The maximum absolute atomic E-state index is 5.69. The van der Waals surface area contributed by atoms with Crippen molar-refractivity contribution in [2.75, 3.05) is 24.0 Å². The molecule has 0 amide bonds. The van der Waals surface area contributed by atoms with Gasteiger partial charge in [0.25, 0.3) is 0 Å². The SMILES string of the molecule is CC(CCCl)CCSCC1CCCO1. The summed E-state index contributed by atoms with van der Waals surface area (Å²) in [6.07, 6.45) is 5.52. The van der Waals surface area contributed by atoms with Gasteiger partial charge in [0.2, 0.25) is 0 Å². The van der Waals surface area contributed by atoms with Gasteiger partial charge < -0.3 is 4.74 Å². The number of hydrogen-bond donors (Lipinski definition) is 0. The lowest BCUT2D eigenvalue weighted by Gasteiger charge is -2.11. The number of ether oxygens (including phenoxy) is 1. The van der Waals surface area contributed by atoms with Crippen LogP contribution >= 0.6 is 23.4 Å². The highest BCUT2D eigenvalue weighted by atomic mass is 35.5. The van der Waals surface area contributed by atoms with Crippen LogP contribution in [0, 0.1) is 5.92 Å². The summed E-state index contributed by atoms with van der Waals surface area (Å²) in [7, 11) is 0. The molecule has 0 aliphatic carbocycles. The number of halogens is 1. The van der Waals surface area contributed by atoms with E-state index in [0.717, 1.165) is 24.8 Å². The third-order valence-electron chi connectivity index (χ3n) is 2.68. The zero-order chi connectivity index (χ0) is 10.2. The molecule has 1 aliphatic heterocycles. The van der Waals surface area contributed by atoms with Crippen LogP contribution in [-0.4, -0.2) is 30.1 Å². The van der Waals surface area contributed by atoms with E-state index in [4.69, 9.17) is 16.3 Å². The summed E-state index contributed by atoms with van der Waals surface area (Å²) < 4.78 is 5.57. The predicted molar refractivity (Wildman–Crippen MR) is 65.4 cm³/mol. The van der Waals surface area contributed by atoms with Crippen LogP contribution in [0.1, 0.15) is 32.6 Å². The Bertz CT molecular complexity index is 137. The van der Waals surface area contributed by atoms with Crippen molar-refractivity contribution in [3.8, 4) is 0 Å². The molecule has 1 saturated heterocycles. The van der Waals surface area contributed by atoms with E-state index < -0.39 is 0 Å². The molecular weight excluding hydrogens is 216 g/mol.